The van der Waals surface area contributed by atoms with E-state index in [0.717, 1.165) is 39.2 Å². The third-order valence-corrected chi connectivity index (χ3v) is 6.01. The Hall–Kier alpha value is -3.32. The lowest BCUT2D eigenvalue weighted by atomic mass is 10.1. The van der Waals surface area contributed by atoms with Crippen molar-refractivity contribution in [3.05, 3.63) is 89.4 Å². The molecule has 0 spiro atoms. The zero-order chi connectivity index (χ0) is 21.8. The Kier molecular flexibility index (Phi) is 6.23. The number of benzene rings is 2. The summed E-state index contributed by atoms with van der Waals surface area (Å²) in [4.78, 5) is 13.7. The maximum absolute atomic E-state index is 12.1. The molecule has 1 amide bonds. The minimum absolute atomic E-state index is 0.000247. The van der Waals surface area contributed by atoms with Crippen LogP contribution in [0.4, 0.5) is 0 Å². The SMILES string of the molecule is Cc1ccccc1-c1nnc(SCc2ccc(C(=O)N(C)C)cc2)n1Cc1ccco1. The van der Waals surface area contributed by atoms with E-state index >= 15 is 0 Å². The summed E-state index contributed by atoms with van der Waals surface area (Å²) >= 11 is 1.62. The molecular formula is C24H24N4O2S. The lowest BCUT2D eigenvalue weighted by Crippen LogP contribution is -2.21. The van der Waals surface area contributed by atoms with Crippen molar-refractivity contribution in [2.75, 3.05) is 14.1 Å². The van der Waals surface area contributed by atoms with Gasteiger partial charge in [0.1, 0.15) is 5.76 Å². The molecule has 0 atom stereocenters. The van der Waals surface area contributed by atoms with Crippen molar-refractivity contribution in [1.29, 1.82) is 0 Å². The van der Waals surface area contributed by atoms with Gasteiger partial charge in [-0.1, -0.05) is 48.2 Å². The van der Waals surface area contributed by atoms with E-state index in [1.807, 2.05) is 48.5 Å². The van der Waals surface area contributed by atoms with Gasteiger partial charge in [-0.25, -0.2) is 0 Å². The maximum atomic E-state index is 12.1. The van der Waals surface area contributed by atoms with Crippen LogP contribution in [0.3, 0.4) is 0 Å². The summed E-state index contributed by atoms with van der Waals surface area (Å²) in [5.41, 5.74) is 4.00. The first kappa shape index (κ1) is 20.9. The maximum Gasteiger partial charge on any atom is 0.253 e. The molecule has 0 aliphatic carbocycles. The number of aryl methyl sites for hydroxylation is 1. The number of amides is 1. The van der Waals surface area contributed by atoms with Crippen molar-refractivity contribution >= 4 is 17.7 Å². The topological polar surface area (TPSA) is 64.2 Å². The zero-order valence-electron chi connectivity index (χ0n) is 17.8. The van der Waals surface area contributed by atoms with Crippen LogP contribution >= 0.6 is 11.8 Å². The number of furan rings is 1. The monoisotopic (exact) mass is 432 g/mol. The van der Waals surface area contributed by atoms with Gasteiger partial charge in [-0.3, -0.25) is 9.36 Å². The van der Waals surface area contributed by atoms with Crippen LogP contribution in [0, 0.1) is 6.92 Å². The van der Waals surface area contributed by atoms with Crippen LogP contribution in [-0.4, -0.2) is 39.7 Å². The number of thioether (sulfide) groups is 1. The van der Waals surface area contributed by atoms with Crippen molar-refractivity contribution in [3.63, 3.8) is 0 Å². The van der Waals surface area contributed by atoms with Crippen LogP contribution in [0.2, 0.25) is 0 Å². The first-order valence-electron chi connectivity index (χ1n) is 9.98. The summed E-state index contributed by atoms with van der Waals surface area (Å²) in [6.07, 6.45) is 1.68. The molecule has 158 valence electrons. The van der Waals surface area contributed by atoms with Gasteiger partial charge in [0.2, 0.25) is 0 Å². The summed E-state index contributed by atoms with van der Waals surface area (Å²) in [5.74, 6) is 2.40. The molecule has 4 aromatic rings. The molecule has 2 heterocycles. The van der Waals surface area contributed by atoms with E-state index in [1.54, 1.807) is 37.0 Å². The molecule has 0 fully saturated rings. The van der Waals surface area contributed by atoms with Crippen molar-refractivity contribution in [2.24, 2.45) is 0 Å². The molecule has 31 heavy (non-hydrogen) atoms. The molecule has 0 aliphatic heterocycles. The Bertz CT molecular complexity index is 1160. The molecule has 4 rings (SSSR count). The third-order valence-electron chi connectivity index (χ3n) is 4.97. The fraction of sp³-hybridized carbons (Fsp3) is 0.208. The van der Waals surface area contributed by atoms with E-state index in [0.29, 0.717) is 12.1 Å². The second-order valence-corrected chi connectivity index (χ2v) is 8.41. The Balaban J connectivity index is 1.58. The molecule has 0 N–H and O–H groups in total. The zero-order valence-corrected chi connectivity index (χ0v) is 18.6. The lowest BCUT2D eigenvalue weighted by molar-refractivity contribution is 0.0827. The van der Waals surface area contributed by atoms with Crippen LogP contribution < -0.4 is 0 Å². The van der Waals surface area contributed by atoms with Gasteiger partial charge in [-0.15, -0.1) is 10.2 Å². The number of nitrogens with zero attached hydrogens (tertiary/aromatic N) is 4. The van der Waals surface area contributed by atoms with E-state index in [4.69, 9.17) is 4.42 Å². The Morgan fingerprint density at radius 3 is 2.48 bits per heavy atom. The molecule has 0 aliphatic rings. The number of hydrogen-bond donors (Lipinski definition) is 0. The first-order chi connectivity index (χ1) is 15.0. The third kappa shape index (κ3) is 4.72. The largest absolute Gasteiger partial charge is 0.467 e. The number of carbonyl (C=O) groups is 1. The molecule has 0 saturated heterocycles. The quantitative estimate of drug-likeness (QED) is 0.389. The molecular weight excluding hydrogens is 408 g/mol. The van der Waals surface area contributed by atoms with E-state index in [9.17, 15) is 4.79 Å². The highest BCUT2D eigenvalue weighted by molar-refractivity contribution is 7.98. The summed E-state index contributed by atoms with van der Waals surface area (Å²) in [6.45, 7) is 2.63. The minimum atomic E-state index is 0.000247. The molecule has 2 aromatic carbocycles. The van der Waals surface area contributed by atoms with E-state index in [2.05, 4.69) is 33.8 Å². The van der Waals surface area contributed by atoms with Gasteiger partial charge in [-0.05, 0) is 42.3 Å². The van der Waals surface area contributed by atoms with Gasteiger partial charge >= 0.3 is 0 Å². The first-order valence-corrected chi connectivity index (χ1v) is 11.0. The molecule has 0 bridgehead atoms. The second-order valence-electron chi connectivity index (χ2n) is 7.47. The fourth-order valence-corrected chi connectivity index (χ4v) is 4.16. The van der Waals surface area contributed by atoms with Crippen LogP contribution in [0.25, 0.3) is 11.4 Å². The Labute approximate surface area is 185 Å². The number of carbonyl (C=O) groups excluding carboxylic acids is 1. The van der Waals surface area contributed by atoms with Gasteiger partial charge in [0.15, 0.2) is 11.0 Å². The van der Waals surface area contributed by atoms with Crippen LogP contribution in [0.15, 0.2) is 76.5 Å². The van der Waals surface area contributed by atoms with E-state index in [1.165, 1.54) is 0 Å². The smallest absolute Gasteiger partial charge is 0.253 e. The summed E-state index contributed by atoms with van der Waals surface area (Å²) in [7, 11) is 3.51. The molecule has 7 heteroatoms. The standard InChI is InChI=1S/C24H24N4O2S/c1-17-7-4-5-9-21(17)22-25-26-24(28(22)15-20-8-6-14-30-20)31-16-18-10-12-19(13-11-18)23(29)27(2)3/h4-14H,15-16H2,1-3H3. The number of rotatable bonds is 7. The molecule has 6 nitrogen and oxygen atoms in total. The highest BCUT2D eigenvalue weighted by Gasteiger charge is 2.17. The van der Waals surface area contributed by atoms with Gasteiger partial charge in [-0.2, -0.15) is 0 Å². The van der Waals surface area contributed by atoms with Gasteiger partial charge in [0.05, 0.1) is 12.8 Å². The summed E-state index contributed by atoms with van der Waals surface area (Å²) in [5, 5.41) is 9.79. The van der Waals surface area contributed by atoms with Crippen LogP contribution in [0.5, 0.6) is 0 Å². The molecule has 0 radical (unpaired) electrons. The van der Waals surface area contributed by atoms with Crippen molar-refractivity contribution in [2.45, 2.75) is 24.4 Å². The molecule has 0 saturated carbocycles. The van der Waals surface area contributed by atoms with Gasteiger partial charge in [0.25, 0.3) is 5.91 Å². The van der Waals surface area contributed by atoms with Gasteiger partial charge < -0.3 is 9.32 Å². The number of aromatic nitrogens is 3. The highest BCUT2D eigenvalue weighted by Crippen LogP contribution is 2.29. The average molecular weight is 433 g/mol. The number of hydrogen-bond acceptors (Lipinski definition) is 5. The predicted molar refractivity (Wildman–Crippen MR) is 122 cm³/mol. The van der Waals surface area contributed by atoms with Crippen molar-refractivity contribution < 1.29 is 9.21 Å². The van der Waals surface area contributed by atoms with Crippen LogP contribution in [-0.2, 0) is 12.3 Å². The van der Waals surface area contributed by atoms with E-state index < -0.39 is 0 Å². The van der Waals surface area contributed by atoms with E-state index in [-0.39, 0.29) is 5.91 Å². The summed E-state index contributed by atoms with van der Waals surface area (Å²) < 4.78 is 7.67. The Morgan fingerprint density at radius 2 is 1.81 bits per heavy atom. The summed E-state index contributed by atoms with van der Waals surface area (Å²) in [6, 6.07) is 19.7. The van der Waals surface area contributed by atoms with Crippen LogP contribution in [0.1, 0.15) is 27.2 Å². The highest BCUT2D eigenvalue weighted by atomic mass is 32.2. The lowest BCUT2D eigenvalue weighted by Gasteiger charge is -2.11. The van der Waals surface area contributed by atoms with Gasteiger partial charge in [0, 0.05) is 31.0 Å². The Morgan fingerprint density at radius 1 is 1.03 bits per heavy atom. The normalized spacial score (nSPS) is 10.9. The fourth-order valence-electron chi connectivity index (χ4n) is 3.27. The van der Waals surface area contributed by atoms with Crippen molar-refractivity contribution in [1.82, 2.24) is 19.7 Å². The molecule has 0 unspecified atom stereocenters. The average Bonchev–Trinajstić information content (AvgIpc) is 3.43. The second kappa shape index (κ2) is 9.22. The predicted octanol–water partition coefficient (Wildman–Crippen LogP) is 4.89. The minimum Gasteiger partial charge on any atom is -0.467 e. The molecule has 2 aromatic heterocycles. The van der Waals surface area contributed by atoms with Crippen molar-refractivity contribution in [3.8, 4) is 11.4 Å².